The molecule has 6 nitrogen and oxygen atoms in total. The van der Waals surface area contributed by atoms with Gasteiger partial charge in [0.05, 0.1) is 12.9 Å². The van der Waals surface area contributed by atoms with E-state index in [0.29, 0.717) is 5.76 Å². The maximum atomic E-state index is 11.8. The van der Waals surface area contributed by atoms with Crippen molar-refractivity contribution in [2.75, 3.05) is 13.7 Å². The van der Waals surface area contributed by atoms with Crippen molar-refractivity contribution in [1.29, 1.82) is 0 Å². The molecule has 0 saturated carbocycles. The van der Waals surface area contributed by atoms with Crippen LogP contribution in [0, 0.1) is 5.92 Å². The third-order valence-electron chi connectivity index (χ3n) is 2.92. The van der Waals surface area contributed by atoms with Crippen molar-refractivity contribution in [3.63, 3.8) is 0 Å². The Morgan fingerprint density at radius 1 is 1.50 bits per heavy atom. The SMILES string of the molecule is CCOC(=O)[C@@H]1C(=O)C(=O)N(C)[C@@H]1c1ccco1. The number of hydrogen-bond acceptors (Lipinski definition) is 5. The lowest BCUT2D eigenvalue weighted by Gasteiger charge is -2.20. The highest BCUT2D eigenvalue weighted by Gasteiger charge is 2.52. The molecule has 2 rings (SSSR count). The number of ether oxygens (including phenoxy) is 1. The second-order valence-corrected chi connectivity index (χ2v) is 3.97. The monoisotopic (exact) mass is 251 g/mol. The van der Waals surface area contributed by atoms with Crippen molar-refractivity contribution >= 4 is 17.7 Å². The number of carbonyl (C=O) groups excluding carboxylic acids is 3. The fraction of sp³-hybridized carbons (Fsp3) is 0.417. The highest BCUT2D eigenvalue weighted by Crippen LogP contribution is 2.35. The topological polar surface area (TPSA) is 76.8 Å². The van der Waals surface area contributed by atoms with Crippen LogP contribution in [-0.2, 0) is 19.1 Å². The molecule has 1 amide bonds. The summed E-state index contributed by atoms with van der Waals surface area (Å²) in [4.78, 5) is 36.5. The summed E-state index contributed by atoms with van der Waals surface area (Å²) in [5, 5.41) is 0. The Balaban J connectivity index is 2.37. The van der Waals surface area contributed by atoms with E-state index in [1.165, 1.54) is 18.2 Å². The van der Waals surface area contributed by atoms with E-state index in [9.17, 15) is 14.4 Å². The van der Waals surface area contributed by atoms with E-state index >= 15 is 0 Å². The van der Waals surface area contributed by atoms with E-state index in [1.807, 2.05) is 0 Å². The van der Waals surface area contributed by atoms with E-state index in [-0.39, 0.29) is 6.61 Å². The third kappa shape index (κ3) is 1.79. The van der Waals surface area contributed by atoms with Gasteiger partial charge in [0.15, 0.2) is 5.92 Å². The first kappa shape index (κ1) is 12.3. The van der Waals surface area contributed by atoms with Gasteiger partial charge in [0.25, 0.3) is 5.91 Å². The molecule has 0 bridgehead atoms. The summed E-state index contributed by atoms with van der Waals surface area (Å²) in [7, 11) is 1.46. The molecule has 1 aliphatic heterocycles. The number of hydrogen-bond donors (Lipinski definition) is 0. The highest BCUT2D eigenvalue weighted by molar-refractivity contribution is 6.42. The molecule has 0 N–H and O–H groups in total. The third-order valence-corrected chi connectivity index (χ3v) is 2.92. The summed E-state index contributed by atoms with van der Waals surface area (Å²) in [6.45, 7) is 1.80. The lowest BCUT2D eigenvalue weighted by Crippen LogP contribution is -2.28. The lowest BCUT2D eigenvalue weighted by atomic mass is 9.97. The van der Waals surface area contributed by atoms with E-state index < -0.39 is 29.6 Å². The molecule has 2 heterocycles. The Labute approximate surface area is 103 Å². The predicted octanol–water partition coefficient (Wildman–Crippen LogP) is 0.541. The van der Waals surface area contributed by atoms with Gasteiger partial charge in [-0.2, -0.15) is 0 Å². The first-order valence-corrected chi connectivity index (χ1v) is 5.59. The lowest BCUT2D eigenvalue weighted by molar-refractivity contribution is -0.152. The summed E-state index contributed by atoms with van der Waals surface area (Å²) in [6.07, 6.45) is 1.43. The number of likely N-dealkylation sites (N-methyl/N-ethyl adjacent to an activating group) is 1. The molecule has 1 fully saturated rings. The van der Waals surface area contributed by atoms with Crippen molar-refractivity contribution in [2.24, 2.45) is 5.92 Å². The van der Waals surface area contributed by atoms with Gasteiger partial charge in [-0.1, -0.05) is 0 Å². The Kier molecular flexibility index (Phi) is 3.18. The van der Waals surface area contributed by atoms with Gasteiger partial charge in [-0.25, -0.2) is 0 Å². The summed E-state index contributed by atoms with van der Waals surface area (Å²) in [5.41, 5.74) is 0. The van der Waals surface area contributed by atoms with Gasteiger partial charge in [-0.3, -0.25) is 14.4 Å². The Morgan fingerprint density at radius 2 is 2.22 bits per heavy atom. The van der Waals surface area contributed by atoms with Crippen molar-refractivity contribution in [3.05, 3.63) is 24.2 Å². The maximum Gasteiger partial charge on any atom is 0.319 e. The zero-order valence-electron chi connectivity index (χ0n) is 10.1. The van der Waals surface area contributed by atoms with E-state index in [2.05, 4.69) is 0 Å². The molecule has 0 spiro atoms. The normalized spacial score (nSPS) is 23.6. The quantitative estimate of drug-likeness (QED) is 0.445. The molecule has 0 aliphatic carbocycles. The summed E-state index contributed by atoms with van der Waals surface area (Å²) in [5.74, 6) is -2.89. The van der Waals surface area contributed by atoms with Crippen LogP contribution in [-0.4, -0.2) is 36.2 Å². The molecule has 2 atom stereocenters. The number of carbonyl (C=O) groups is 3. The molecule has 1 aromatic rings. The van der Waals surface area contributed by atoms with Crippen molar-refractivity contribution < 1.29 is 23.5 Å². The zero-order chi connectivity index (χ0) is 13.3. The molecule has 1 saturated heterocycles. The fourth-order valence-electron chi connectivity index (χ4n) is 2.08. The minimum absolute atomic E-state index is 0.158. The molecule has 18 heavy (non-hydrogen) atoms. The first-order chi connectivity index (χ1) is 8.57. The average Bonchev–Trinajstić information content (AvgIpc) is 2.92. The second kappa shape index (κ2) is 4.64. The smallest absolute Gasteiger partial charge is 0.319 e. The minimum atomic E-state index is -1.14. The van der Waals surface area contributed by atoms with Gasteiger partial charge in [0.1, 0.15) is 11.8 Å². The van der Waals surface area contributed by atoms with Crippen LogP contribution < -0.4 is 0 Å². The molecule has 0 radical (unpaired) electrons. The molecule has 1 aromatic heterocycles. The van der Waals surface area contributed by atoms with Gasteiger partial charge in [-0.15, -0.1) is 0 Å². The number of Topliss-reactive ketones (excluding diaryl/α,β-unsaturated/α-hetero) is 1. The van der Waals surface area contributed by atoms with Crippen LogP contribution in [0.25, 0.3) is 0 Å². The summed E-state index contributed by atoms with van der Waals surface area (Å²) < 4.78 is 10.0. The number of likely N-dealkylation sites (tertiary alicyclic amines) is 1. The number of ketones is 1. The predicted molar refractivity (Wildman–Crippen MR) is 59.3 cm³/mol. The maximum absolute atomic E-state index is 11.8. The minimum Gasteiger partial charge on any atom is -0.467 e. The number of esters is 1. The molecule has 6 heteroatoms. The molecule has 96 valence electrons. The van der Waals surface area contributed by atoms with Crippen LogP contribution in [0.3, 0.4) is 0 Å². The van der Waals surface area contributed by atoms with Crippen molar-refractivity contribution in [2.45, 2.75) is 13.0 Å². The Hall–Kier alpha value is -2.11. The number of furan rings is 1. The first-order valence-electron chi connectivity index (χ1n) is 5.59. The van der Waals surface area contributed by atoms with Crippen LogP contribution in [0.15, 0.2) is 22.8 Å². The van der Waals surface area contributed by atoms with Crippen LogP contribution in [0.1, 0.15) is 18.7 Å². The summed E-state index contributed by atoms with van der Waals surface area (Å²) in [6, 6.07) is 2.54. The standard InChI is InChI=1S/C12H13NO5/c1-3-17-12(16)8-9(7-5-4-6-18-7)13(2)11(15)10(8)14/h4-6,8-9H,3H2,1-2H3/t8-,9+/m0/s1. The molecule has 1 aliphatic rings. The van der Waals surface area contributed by atoms with E-state index in [0.717, 1.165) is 0 Å². The number of amides is 1. The van der Waals surface area contributed by atoms with Crippen LogP contribution in [0.5, 0.6) is 0 Å². The highest BCUT2D eigenvalue weighted by atomic mass is 16.5. The molecule has 0 unspecified atom stereocenters. The van der Waals surface area contributed by atoms with Crippen LogP contribution >= 0.6 is 0 Å². The van der Waals surface area contributed by atoms with Crippen LogP contribution in [0.2, 0.25) is 0 Å². The van der Waals surface area contributed by atoms with Crippen LogP contribution in [0.4, 0.5) is 0 Å². The van der Waals surface area contributed by atoms with Gasteiger partial charge in [-0.05, 0) is 19.1 Å². The van der Waals surface area contributed by atoms with Gasteiger partial charge < -0.3 is 14.1 Å². The number of nitrogens with zero attached hydrogens (tertiary/aromatic N) is 1. The van der Waals surface area contributed by atoms with Crippen molar-refractivity contribution in [3.8, 4) is 0 Å². The largest absolute Gasteiger partial charge is 0.467 e. The molecular formula is C12H13NO5. The summed E-state index contributed by atoms with van der Waals surface area (Å²) >= 11 is 0. The van der Waals surface area contributed by atoms with Gasteiger partial charge in [0.2, 0.25) is 5.78 Å². The molecular weight excluding hydrogens is 238 g/mol. The molecule has 0 aromatic carbocycles. The average molecular weight is 251 g/mol. The Morgan fingerprint density at radius 3 is 2.78 bits per heavy atom. The number of rotatable bonds is 3. The Bertz CT molecular complexity index is 479. The second-order valence-electron chi connectivity index (χ2n) is 3.97. The fourth-order valence-corrected chi connectivity index (χ4v) is 2.08. The van der Waals surface area contributed by atoms with Gasteiger partial charge in [0, 0.05) is 7.05 Å². The zero-order valence-corrected chi connectivity index (χ0v) is 10.1. The van der Waals surface area contributed by atoms with E-state index in [1.54, 1.807) is 19.1 Å². The van der Waals surface area contributed by atoms with Gasteiger partial charge >= 0.3 is 5.97 Å². The van der Waals surface area contributed by atoms with Crippen molar-refractivity contribution in [1.82, 2.24) is 4.90 Å². The van der Waals surface area contributed by atoms with E-state index in [4.69, 9.17) is 9.15 Å².